The second kappa shape index (κ2) is 5.72. The molecular formula is C12H16F2N2O. The van der Waals surface area contributed by atoms with Crippen molar-refractivity contribution in [3.63, 3.8) is 0 Å². The first-order valence-electron chi connectivity index (χ1n) is 5.42. The standard InChI is InChI=1S/C12H16F2N2O/c1-7(6-15)8(2)16-12(17)9-4-3-5-10(13)11(9)14/h3-5,7-8H,6,15H2,1-2H3,(H,16,17). The first-order chi connectivity index (χ1) is 7.97. The monoisotopic (exact) mass is 242 g/mol. The minimum Gasteiger partial charge on any atom is -0.349 e. The first kappa shape index (κ1) is 13.6. The van der Waals surface area contributed by atoms with Crippen LogP contribution in [0.1, 0.15) is 24.2 Å². The summed E-state index contributed by atoms with van der Waals surface area (Å²) in [6, 6.07) is 3.31. The Bertz CT molecular complexity index is 409. The zero-order valence-corrected chi connectivity index (χ0v) is 9.84. The van der Waals surface area contributed by atoms with Gasteiger partial charge in [-0.25, -0.2) is 8.78 Å². The van der Waals surface area contributed by atoms with Crippen LogP contribution in [0.4, 0.5) is 8.78 Å². The smallest absolute Gasteiger partial charge is 0.254 e. The summed E-state index contributed by atoms with van der Waals surface area (Å²) in [6.07, 6.45) is 0. The predicted octanol–water partition coefficient (Wildman–Crippen LogP) is 1.68. The van der Waals surface area contributed by atoms with Gasteiger partial charge in [-0.2, -0.15) is 0 Å². The maximum Gasteiger partial charge on any atom is 0.254 e. The molecule has 0 heterocycles. The topological polar surface area (TPSA) is 55.1 Å². The third kappa shape index (κ3) is 3.23. The number of carbonyl (C=O) groups is 1. The number of carbonyl (C=O) groups excluding carboxylic acids is 1. The van der Waals surface area contributed by atoms with Crippen LogP contribution in [-0.2, 0) is 0 Å². The minimum atomic E-state index is -1.13. The van der Waals surface area contributed by atoms with Crippen molar-refractivity contribution in [2.45, 2.75) is 19.9 Å². The molecule has 0 spiro atoms. The van der Waals surface area contributed by atoms with Gasteiger partial charge in [-0.05, 0) is 31.5 Å². The van der Waals surface area contributed by atoms with E-state index in [0.29, 0.717) is 6.54 Å². The Hall–Kier alpha value is -1.49. The van der Waals surface area contributed by atoms with Gasteiger partial charge in [0, 0.05) is 6.04 Å². The fourth-order valence-corrected chi connectivity index (χ4v) is 1.31. The van der Waals surface area contributed by atoms with Crippen molar-refractivity contribution in [1.29, 1.82) is 0 Å². The molecule has 1 amide bonds. The first-order valence-corrected chi connectivity index (χ1v) is 5.42. The third-order valence-corrected chi connectivity index (χ3v) is 2.78. The van der Waals surface area contributed by atoms with Crippen LogP contribution in [0.3, 0.4) is 0 Å². The fraction of sp³-hybridized carbons (Fsp3) is 0.417. The predicted molar refractivity (Wildman–Crippen MR) is 61.5 cm³/mol. The molecule has 0 aliphatic rings. The molecule has 2 unspecified atom stereocenters. The molecule has 0 bridgehead atoms. The normalized spacial score (nSPS) is 14.2. The summed E-state index contributed by atoms with van der Waals surface area (Å²) < 4.78 is 26.3. The molecule has 3 N–H and O–H groups in total. The maximum absolute atomic E-state index is 13.3. The van der Waals surface area contributed by atoms with Crippen LogP contribution in [0.15, 0.2) is 18.2 Å². The van der Waals surface area contributed by atoms with Crippen molar-refractivity contribution in [2.24, 2.45) is 11.7 Å². The Morgan fingerprint density at radius 2 is 2.06 bits per heavy atom. The van der Waals surface area contributed by atoms with Crippen molar-refractivity contribution in [1.82, 2.24) is 5.32 Å². The molecule has 1 aromatic carbocycles. The molecule has 17 heavy (non-hydrogen) atoms. The molecule has 94 valence electrons. The van der Waals surface area contributed by atoms with E-state index in [-0.39, 0.29) is 17.5 Å². The molecule has 3 nitrogen and oxygen atoms in total. The van der Waals surface area contributed by atoms with Gasteiger partial charge < -0.3 is 11.1 Å². The van der Waals surface area contributed by atoms with Crippen LogP contribution in [-0.4, -0.2) is 18.5 Å². The number of halogens is 2. The van der Waals surface area contributed by atoms with Gasteiger partial charge in [-0.15, -0.1) is 0 Å². The summed E-state index contributed by atoms with van der Waals surface area (Å²) in [5, 5.41) is 2.59. The zero-order chi connectivity index (χ0) is 13.0. The summed E-state index contributed by atoms with van der Waals surface area (Å²) in [5.41, 5.74) is 5.17. The summed E-state index contributed by atoms with van der Waals surface area (Å²) >= 11 is 0. The number of nitrogens with two attached hydrogens (primary N) is 1. The lowest BCUT2D eigenvalue weighted by atomic mass is 10.0. The molecule has 0 aliphatic heterocycles. The van der Waals surface area contributed by atoms with E-state index in [0.717, 1.165) is 6.07 Å². The van der Waals surface area contributed by atoms with Crippen LogP contribution in [0.5, 0.6) is 0 Å². The van der Waals surface area contributed by atoms with E-state index < -0.39 is 17.5 Å². The summed E-state index contributed by atoms with van der Waals surface area (Å²) in [6.45, 7) is 4.05. The van der Waals surface area contributed by atoms with Crippen molar-refractivity contribution < 1.29 is 13.6 Å². The lowest BCUT2D eigenvalue weighted by Gasteiger charge is -2.19. The second-order valence-electron chi connectivity index (χ2n) is 4.08. The number of hydrogen-bond donors (Lipinski definition) is 2. The number of hydrogen-bond acceptors (Lipinski definition) is 2. The highest BCUT2D eigenvalue weighted by Gasteiger charge is 2.18. The van der Waals surface area contributed by atoms with Gasteiger partial charge in [0.25, 0.3) is 5.91 Å². The quantitative estimate of drug-likeness (QED) is 0.844. The van der Waals surface area contributed by atoms with Gasteiger partial charge in [-0.1, -0.05) is 13.0 Å². The highest BCUT2D eigenvalue weighted by molar-refractivity contribution is 5.94. The molecule has 1 rings (SSSR count). The van der Waals surface area contributed by atoms with Crippen molar-refractivity contribution in [3.8, 4) is 0 Å². The third-order valence-electron chi connectivity index (χ3n) is 2.78. The van der Waals surface area contributed by atoms with Crippen molar-refractivity contribution in [2.75, 3.05) is 6.54 Å². The van der Waals surface area contributed by atoms with Crippen molar-refractivity contribution in [3.05, 3.63) is 35.4 Å². The molecular weight excluding hydrogens is 226 g/mol. The molecule has 0 aromatic heterocycles. The van der Waals surface area contributed by atoms with Gasteiger partial charge in [0.05, 0.1) is 5.56 Å². The van der Waals surface area contributed by atoms with E-state index in [1.54, 1.807) is 6.92 Å². The molecule has 0 radical (unpaired) electrons. The average molecular weight is 242 g/mol. The lowest BCUT2D eigenvalue weighted by Crippen LogP contribution is -2.40. The Balaban J connectivity index is 2.80. The summed E-state index contributed by atoms with van der Waals surface area (Å²) in [5.74, 6) is -2.72. The number of benzene rings is 1. The van der Waals surface area contributed by atoms with Crippen LogP contribution in [0.2, 0.25) is 0 Å². The van der Waals surface area contributed by atoms with Crippen LogP contribution in [0, 0.1) is 17.6 Å². The second-order valence-corrected chi connectivity index (χ2v) is 4.08. The van der Waals surface area contributed by atoms with Crippen LogP contribution >= 0.6 is 0 Å². The average Bonchev–Trinajstić information content (AvgIpc) is 2.31. The molecule has 1 aromatic rings. The molecule has 0 saturated heterocycles. The lowest BCUT2D eigenvalue weighted by molar-refractivity contribution is 0.0924. The highest BCUT2D eigenvalue weighted by Crippen LogP contribution is 2.12. The summed E-state index contributed by atoms with van der Waals surface area (Å²) in [4.78, 5) is 11.7. The zero-order valence-electron chi connectivity index (χ0n) is 9.84. The number of nitrogens with one attached hydrogen (secondary N) is 1. The van der Waals surface area contributed by atoms with Gasteiger partial charge in [0.15, 0.2) is 11.6 Å². The van der Waals surface area contributed by atoms with Crippen LogP contribution in [0.25, 0.3) is 0 Å². The van der Waals surface area contributed by atoms with E-state index in [9.17, 15) is 13.6 Å². The Kier molecular flexibility index (Phi) is 4.57. The number of rotatable bonds is 4. The minimum absolute atomic E-state index is 0.0653. The highest BCUT2D eigenvalue weighted by atomic mass is 19.2. The SMILES string of the molecule is CC(CN)C(C)NC(=O)c1cccc(F)c1F. The molecule has 2 atom stereocenters. The fourth-order valence-electron chi connectivity index (χ4n) is 1.31. The van der Waals surface area contributed by atoms with Gasteiger partial charge in [0.2, 0.25) is 0 Å². The van der Waals surface area contributed by atoms with Gasteiger partial charge >= 0.3 is 0 Å². The van der Waals surface area contributed by atoms with E-state index in [4.69, 9.17) is 5.73 Å². The van der Waals surface area contributed by atoms with E-state index in [1.807, 2.05) is 6.92 Å². The van der Waals surface area contributed by atoms with Gasteiger partial charge in [-0.3, -0.25) is 4.79 Å². The Labute approximate surface area is 99.0 Å². The van der Waals surface area contributed by atoms with E-state index in [2.05, 4.69) is 5.32 Å². The van der Waals surface area contributed by atoms with E-state index >= 15 is 0 Å². The Morgan fingerprint density at radius 1 is 1.41 bits per heavy atom. The van der Waals surface area contributed by atoms with E-state index in [1.165, 1.54) is 12.1 Å². The number of amides is 1. The molecule has 5 heteroatoms. The molecule has 0 fully saturated rings. The largest absolute Gasteiger partial charge is 0.349 e. The van der Waals surface area contributed by atoms with Gasteiger partial charge in [0.1, 0.15) is 0 Å². The summed E-state index contributed by atoms with van der Waals surface area (Å²) in [7, 11) is 0. The Morgan fingerprint density at radius 3 is 2.65 bits per heavy atom. The maximum atomic E-state index is 13.3. The van der Waals surface area contributed by atoms with Crippen LogP contribution < -0.4 is 11.1 Å². The molecule has 0 saturated carbocycles. The molecule has 0 aliphatic carbocycles. The van der Waals surface area contributed by atoms with Crippen molar-refractivity contribution >= 4 is 5.91 Å².